The van der Waals surface area contributed by atoms with Crippen molar-refractivity contribution in [3.05, 3.63) is 11.8 Å². The molecule has 0 spiro atoms. The van der Waals surface area contributed by atoms with Crippen molar-refractivity contribution in [2.45, 2.75) is 46.9 Å². The number of hydrogen-bond donors (Lipinski definition) is 0. The number of halogens is 3. The monoisotopic (exact) mass is 224 g/mol. The molecule has 2 unspecified atom stereocenters. The van der Waals surface area contributed by atoms with E-state index in [0.717, 1.165) is 12.8 Å². The molecule has 0 saturated carbocycles. The molecule has 4 heteroatoms. The standard InChI is InChI=1S/C11H19F3O/c1-5-6-8(2)9(3)7-10(4)15-11(12,13)14/h7-9H,5-6H2,1-4H3. The molecular weight excluding hydrogens is 205 g/mol. The van der Waals surface area contributed by atoms with Gasteiger partial charge in [-0.05, 0) is 24.8 Å². The first kappa shape index (κ1) is 14.3. The molecule has 0 amide bonds. The Balaban J connectivity index is 4.22. The van der Waals surface area contributed by atoms with Crippen LogP contribution in [0.25, 0.3) is 0 Å². The Kier molecular flexibility index (Phi) is 5.76. The van der Waals surface area contributed by atoms with Crippen molar-refractivity contribution in [1.82, 2.24) is 0 Å². The van der Waals surface area contributed by atoms with Crippen molar-refractivity contribution in [2.75, 3.05) is 0 Å². The molecule has 0 radical (unpaired) electrons. The first-order chi connectivity index (χ1) is 6.76. The largest absolute Gasteiger partial charge is 0.572 e. The zero-order valence-electron chi connectivity index (χ0n) is 9.69. The van der Waals surface area contributed by atoms with Crippen LogP contribution in [0.15, 0.2) is 11.8 Å². The summed E-state index contributed by atoms with van der Waals surface area (Å²) in [4.78, 5) is 0. The van der Waals surface area contributed by atoms with E-state index in [1.54, 1.807) is 0 Å². The van der Waals surface area contributed by atoms with Gasteiger partial charge in [0, 0.05) is 0 Å². The maximum Gasteiger partial charge on any atom is 0.572 e. The van der Waals surface area contributed by atoms with Crippen LogP contribution in [0.4, 0.5) is 13.2 Å². The summed E-state index contributed by atoms with van der Waals surface area (Å²) in [5, 5.41) is 0. The minimum Gasteiger partial charge on any atom is -0.411 e. The van der Waals surface area contributed by atoms with Gasteiger partial charge >= 0.3 is 6.36 Å². The smallest absolute Gasteiger partial charge is 0.411 e. The first-order valence-corrected chi connectivity index (χ1v) is 5.20. The summed E-state index contributed by atoms with van der Waals surface area (Å²) >= 11 is 0. The molecule has 0 saturated heterocycles. The van der Waals surface area contributed by atoms with E-state index in [1.807, 2.05) is 13.8 Å². The number of alkyl halides is 3. The van der Waals surface area contributed by atoms with Gasteiger partial charge in [-0.1, -0.05) is 33.6 Å². The summed E-state index contributed by atoms with van der Waals surface area (Å²) < 4.78 is 39.3. The Morgan fingerprint density at radius 3 is 2.27 bits per heavy atom. The van der Waals surface area contributed by atoms with Gasteiger partial charge in [0.1, 0.15) is 0 Å². The fourth-order valence-corrected chi connectivity index (χ4v) is 1.47. The van der Waals surface area contributed by atoms with Crippen LogP contribution < -0.4 is 0 Å². The molecular formula is C11H19F3O. The lowest BCUT2D eigenvalue weighted by molar-refractivity contribution is -0.305. The minimum atomic E-state index is -4.58. The highest BCUT2D eigenvalue weighted by atomic mass is 19.4. The highest BCUT2D eigenvalue weighted by Crippen LogP contribution is 2.24. The van der Waals surface area contributed by atoms with Crippen molar-refractivity contribution in [3.8, 4) is 0 Å². The average molecular weight is 224 g/mol. The number of ether oxygens (including phenoxy) is 1. The Hall–Kier alpha value is -0.670. The molecule has 0 bridgehead atoms. The van der Waals surface area contributed by atoms with Crippen molar-refractivity contribution < 1.29 is 17.9 Å². The molecule has 0 rings (SSSR count). The van der Waals surface area contributed by atoms with E-state index >= 15 is 0 Å². The second-order valence-electron chi connectivity index (χ2n) is 3.95. The third-order valence-electron chi connectivity index (χ3n) is 2.42. The Labute approximate surface area is 89.3 Å². The SMILES string of the molecule is CCCC(C)C(C)C=C(C)OC(F)(F)F. The summed E-state index contributed by atoms with van der Waals surface area (Å²) in [7, 11) is 0. The zero-order chi connectivity index (χ0) is 12.1. The topological polar surface area (TPSA) is 9.23 Å². The molecule has 15 heavy (non-hydrogen) atoms. The maximum atomic E-state index is 11.8. The van der Waals surface area contributed by atoms with E-state index in [9.17, 15) is 13.2 Å². The van der Waals surface area contributed by atoms with Gasteiger partial charge in [0.05, 0.1) is 5.76 Å². The number of hydrogen-bond acceptors (Lipinski definition) is 1. The van der Waals surface area contributed by atoms with Gasteiger partial charge in [0.15, 0.2) is 0 Å². The summed E-state index contributed by atoms with van der Waals surface area (Å²) in [6, 6.07) is 0. The summed E-state index contributed by atoms with van der Waals surface area (Å²) in [6.45, 7) is 7.34. The fraction of sp³-hybridized carbons (Fsp3) is 0.818. The predicted molar refractivity (Wildman–Crippen MR) is 54.1 cm³/mol. The molecule has 90 valence electrons. The van der Waals surface area contributed by atoms with E-state index in [2.05, 4.69) is 11.7 Å². The lowest BCUT2D eigenvalue weighted by Gasteiger charge is -2.17. The van der Waals surface area contributed by atoms with Gasteiger partial charge in [-0.2, -0.15) is 0 Å². The van der Waals surface area contributed by atoms with Gasteiger partial charge in [-0.25, -0.2) is 0 Å². The molecule has 0 aliphatic carbocycles. The van der Waals surface area contributed by atoms with E-state index in [0.29, 0.717) is 5.92 Å². The second kappa shape index (κ2) is 6.03. The molecule has 2 atom stereocenters. The van der Waals surface area contributed by atoms with E-state index in [-0.39, 0.29) is 11.7 Å². The second-order valence-corrected chi connectivity index (χ2v) is 3.95. The molecule has 0 aromatic carbocycles. The third-order valence-corrected chi connectivity index (χ3v) is 2.42. The van der Waals surface area contributed by atoms with E-state index in [4.69, 9.17) is 0 Å². The number of rotatable bonds is 5. The Morgan fingerprint density at radius 1 is 1.33 bits per heavy atom. The van der Waals surface area contributed by atoms with Crippen LogP contribution in [-0.4, -0.2) is 6.36 Å². The predicted octanol–water partition coefficient (Wildman–Crippen LogP) is 4.50. The van der Waals surface area contributed by atoms with Crippen molar-refractivity contribution in [1.29, 1.82) is 0 Å². The van der Waals surface area contributed by atoms with Gasteiger partial charge in [0.2, 0.25) is 0 Å². The van der Waals surface area contributed by atoms with Gasteiger partial charge in [0.25, 0.3) is 0 Å². The Morgan fingerprint density at radius 2 is 1.87 bits per heavy atom. The molecule has 1 nitrogen and oxygen atoms in total. The minimum absolute atomic E-state index is 0.0713. The molecule has 0 fully saturated rings. The fourth-order valence-electron chi connectivity index (χ4n) is 1.47. The molecule has 0 aromatic rings. The van der Waals surface area contributed by atoms with Crippen molar-refractivity contribution in [2.24, 2.45) is 11.8 Å². The van der Waals surface area contributed by atoms with E-state index < -0.39 is 6.36 Å². The van der Waals surface area contributed by atoms with Gasteiger partial charge in [-0.3, -0.25) is 0 Å². The Bertz CT molecular complexity index is 208. The lowest BCUT2D eigenvalue weighted by atomic mass is 9.91. The van der Waals surface area contributed by atoms with Crippen LogP contribution in [0.1, 0.15) is 40.5 Å². The lowest BCUT2D eigenvalue weighted by Crippen LogP contribution is -2.13. The van der Waals surface area contributed by atoms with Gasteiger partial charge in [-0.15, -0.1) is 13.2 Å². The summed E-state index contributed by atoms with van der Waals surface area (Å²) in [6.07, 6.45) is -0.988. The molecule has 0 aromatic heterocycles. The van der Waals surface area contributed by atoms with Crippen LogP contribution in [0, 0.1) is 11.8 Å². The van der Waals surface area contributed by atoms with Crippen LogP contribution in [-0.2, 0) is 4.74 Å². The molecule has 0 aliphatic heterocycles. The van der Waals surface area contributed by atoms with Crippen LogP contribution in [0.3, 0.4) is 0 Å². The van der Waals surface area contributed by atoms with Crippen molar-refractivity contribution in [3.63, 3.8) is 0 Å². The number of allylic oxidation sites excluding steroid dienone is 2. The summed E-state index contributed by atoms with van der Waals surface area (Å²) in [5.74, 6) is 0.409. The summed E-state index contributed by atoms with van der Waals surface area (Å²) in [5.41, 5.74) is 0. The van der Waals surface area contributed by atoms with Crippen LogP contribution >= 0.6 is 0 Å². The highest BCUT2D eigenvalue weighted by Gasteiger charge is 2.31. The highest BCUT2D eigenvalue weighted by molar-refractivity contribution is 4.94. The first-order valence-electron chi connectivity index (χ1n) is 5.20. The zero-order valence-corrected chi connectivity index (χ0v) is 9.69. The van der Waals surface area contributed by atoms with E-state index in [1.165, 1.54) is 13.0 Å². The average Bonchev–Trinajstić information content (AvgIpc) is 2.00. The van der Waals surface area contributed by atoms with Gasteiger partial charge < -0.3 is 4.74 Å². The quantitative estimate of drug-likeness (QED) is 0.625. The normalized spacial score (nSPS) is 17.4. The van der Waals surface area contributed by atoms with Crippen LogP contribution in [0.5, 0.6) is 0 Å². The molecule has 0 aliphatic rings. The van der Waals surface area contributed by atoms with Crippen molar-refractivity contribution >= 4 is 0 Å². The molecule has 0 N–H and O–H groups in total. The van der Waals surface area contributed by atoms with Crippen LogP contribution in [0.2, 0.25) is 0 Å². The maximum absolute atomic E-state index is 11.8. The molecule has 0 heterocycles. The third kappa shape index (κ3) is 7.28.